The lowest BCUT2D eigenvalue weighted by Crippen LogP contribution is -2.19. The molecule has 0 saturated carbocycles. The molecule has 4 aromatic rings. The maximum absolute atomic E-state index is 13.7. The third-order valence-electron chi connectivity index (χ3n) is 5.82. The largest absolute Gasteiger partial charge is 0.470 e. The average molecular weight is 537 g/mol. The van der Waals surface area contributed by atoms with Gasteiger partial charge in [0.1, 0.15) is 23.8 Å². The summed E-state index contributed by atoms with van der Waals surface area (Å²) in [5, 5.41) is 18.3. The first-order valence-corrected chi connectivity index (χ1v) is 12.2. The van der Waals surface area contributed by atoms with E-state index in [1.807, 2.05) is 6.92 Å². The van der Waals surface area contributed by atoms with E-state index in [0.29, 0.717) is 40.2 Å². The molecule has 4 rings (SSSR count). The second kappa shape index (κ2) is 11.1. The van der Waals surface area contributed by atoms with Crippen molar-refractivity contribution in [2.45, 2.75) is 53.7 Å². The van der Waals surface area contributed by atoms with Gasteiger partial charge in [-0.2, -0.15) is 25.2 Å². The molecule has 3 heterocycles. The van der Waals surface area contributed by atoms with E-state index >= 15 is 0 Å². The average Bonchev–Trinajstić information content (AvgIpc) is 3.27. The van der Waals surface area contributed by atoms with E-state index < -0.39 is 23.4 Å². The fourth-order valence-corrected chi connectivity index (χ4v) is 3.99. The molecule has 202 valence electrons. The Morgan fingerprint density at radius 2 is 1.74 bits per heavy atom. The summed E-state index contributed by atoms with van der Waals surface area (Å²) < 4.78 is 47.1. The molecule has 12 heteroatoms. The second-order valence-electron chi connectivity index (χ2n) is 9.60. The Morgan fingerprint density at radius 3 is 2.38 bits per heavy atom. The van der Waals surface area contributed by atoms with Gasteiger partial charge in [-0.25, -0.2) is 18.2 Å². The normalized spacial score (nSPS) is 11.6. The fraction of sp³-hybridized carbons (Fsp3) is 0.333. The molecule has 0 aliphatic heterocycles. The topological polar surface area (TPSA) is 128 Å². The number of anilines is 1. The highest BCUT2D eigenvalue weighted by Gasteiger charge is 2.24. The minimum absolute atomic E-state index is 0.0293. The highest BCUT2D eigenvalue weighted by atomic mass is 19.3. The van der Waals surface area contributed by atoms with Crippen molar-refractivity contribution >= 4 is 5.95 Å². The smallest absolute Gasteiger partial charge is 0.280 e. The maximum Gasteiger partial charge on any atom is 0.280 e. The molecule has 0 aliphatic rings. The number of nitrogen functional groups attached to an aromatic ring is 1. The van der Waals surface area contributed by atoms with Gasteiger partial charge in [-0.15, -0.1) is 0 Å². The molecule has 3 aromatic heterocycles. The van der Waals surface area contributed by atoms with Crippen molar-refractivity contribution in [3.05, 3.63) is 65.0 Å². The minimum atomic E-state index is -2.81. The zero-order valence-corrected chi connectivity index (χ0v) is 21.9. The SMILES string of the molecule is CCc1nn(CC(C)(C)C#N)nc1COc1nc(N)nc(-c2ccc(F)cc2)c1-c1cc(C)nc(C(F)F)c1. The molecule has 0 spiro atoms. The van der Waals surface area contributed by atoms with E-state index in [-0.39, 0.29) is 30.7 Å². The molecule has 0 bridgehead atoms. The van der Waals surface area contributed by atoms with Gasteiger partial charge in [0.15, 0.2) is 0 Å². The van der Waals surface area contributed by atoms with Gasteiger partial charge in [0.25, 0.3) is 6.43 Å². The number of halogens is 3. The predicted octanol–water partition coefficient (Wildman–Crippen LogP) is 5.46. The Balaban J connectivity index is 1.82. The number of pyridine rings is 1. The zero-order chi connectivity index (χ0) is 28.3. The molecule has 0 unspecified atom stereocenters. The summed E-state index contributed by atoms with van der Waals surface area (Å²) in [6, 6.07) is 10.6. The highest BCUT2D eigenvalue weighted by molar-refractivity contribution is 5.85. The number of nitrogens with zero attached hydrogens (tertiary/aromatic N) is 7. The standard InChI is InChI=1S/C27H27F3N8O/c1-5-19-21(37-38(36-19)14-27(3,4)13-31)12-39-25-22(17-10-15(2)33-20(11-17)24(29)30)23(34-26(32)35-25)16-6-8-18(28)9-7-16/h6-11,24H,5,12,14H2,1-4H3,(H2,32,34,35). The van der Waals surface area contributed by atoms with E-state index in [2.05, 4.69) is 31.2 Å². The number of ether oxygens (including phenoxy) is 1. The van der Waals surface area contributed by atoms with E-state index in [1.54, 1.807) is 26.8 Å². The molecule has 0 aliphatic carbocycles. The zero-order valence-electron chi connectivity index (χ0n) is 21.9. The molecule has 0 radical (unpaired) electrons. The summed E-state index contributed by atoms with van der Waals surface area (Å²) >= 11 is 0. The molecule has 39 heavy (non-hydrogen) atoms. The van der Waals surface area contributed by atoms with Crippen LogP contribution in [0, 0.1) is 29.5 Å². The van der Waals surface area contributed by atoms with Gasteiger partial charge in [-0.3, -0.25) is 4.98 Å². The molecule has 9 nitrogen and oxygen atoms in total. The molecule has 0 fully saturated rings. The van der Waals surface area contributed by atoms with Gasteiger partial charge in [0.2, 0.25) is 11.8 Å². The first-order valence-electron chi connectivity index (χ1n) is 12.2. The molecule has 2 N–H and O–H groups in total. The predicted molar refractivity (Wildman–Crippen MR) is 138 cm³/mol. The lowest BCUT2D eigenvalue weighted by atomic mass is 9.96. The van der Waals surface area contributed by atoms with Crippen LogP contribution in [-0.4, -0.2) is 29.9 Å². The highest BCUT2D eigenvalue weighted by Crippen LogP contribution is 2.39. The number of alkyl halides is 2. The maximum atomic E-state index is 13.7. The second-order valence-corrected chi connectivity index (χ2v) is 9.60. The van der Waals surface area contributed by atoms with Crippen LogP contribution < -0.4 is 10.5 Å². The van der Waals surface area contributed by atoms with Crippen molar-refractivity contribution in [1.29, 1.82) is 5.26 Å². The molecule has 0 saturated heterocycles. The van der Waals surface area contributed by atoms with E-state index in [1.165, 1.54) is 35.1 Å². The van der Waals surface area contributed by atoms with Crippen LogP contribution in [0.25, 0.3) is 22.4 Å². The van der Waals surface area contributed by atoms with Crippen molar-refractivity contribution < 1.29 is 17.9 Å². The number of nitrogens with two attached hydrogens (primary N) is 1. The molecule has 0 amide bonds. The number of benzene rings is 1. The summed E-state index contributed by atoms with van der Waals surface area (Å²) in [6.45, 7) is 7.31. The van der Waals surface area contributed by atoms with Crippen molar-refractivity contribution in [3.8, 4) is 34.3 Å². The summed E-state index contributed by atoms with van der Waals surface area (Å²) in [5.74, 6) is -0.544. The first kappa shape index (κ1) is 27.5. The van der Waals surface area contributed by atoms with Gasteiger partial charge in [-0.1, -0.05) is 6.92 Å². The van der Waals surface area contributed by atoms with Crippen molar-refractivity contribution in [2.75, 3.05) is 5.73 Å². The van der Waals surface area contributed by atoms with Gasteiger partial charge < -0.3 is 10.5 Å². The number of hydrogen-bond acceptors (Lipinski definition) is 8. The monoisotopic (exact) mass is 536 g/mol. The van der Waals surface area contributed by atoms with E-state index in [9.17, 15) is 18.4 Å². The number of nitriles is 1. The Labute approximate surface area is 223 Å². The number of aromatic nitrogens is 6. The first-order chi connectivity index (χ1) is 18.5. The molecule has 1 aromatic carbocycles. The van der Waals surface area contributed by atoms with Gasteiger partial charge in [0.05, 0.1) is 35.0 Å². The van der Waals surface area contributed by atoms with Gasteiger partial charge in [-0.05, 0) is 69.2 Å². The number of hydrogen-bond donors (Lipinski definition) is 1. The minimum Gasteiger partial charge on any atom is -0.470 e. The van der Waals surface area contributed by atoms with E-state index in [0.717, 1.165) is 0 Å². The van der Waals surface area contributed by atoms with Crippen molar-refractivity contribution in [2.24, 2.45) is 5.41 Å². The molecule has 0 atom stereocenters. The third-order valence-corrected chi connectivity index (χ3v) is 5.82. The Hall–Kier alpha value is -4.53. The van der Waals surface area contributed by atoms with Crippen molar-refractivity contribution in [3.63, 3.8) is 0 Å². The van der Waals surface area contributed by atoms with Crippen LogP contribution in [0.4, 0.5) is 19.1 Å². The Kier molecular flexibility index (Phi) is 7.80. The van der Waals surface area contributed by atoms with Gasteiger partial charge in [0, 0.05) is 11.3 Å². The number of aryl methyl sites for hydroxylation is 2. The quantitative estimate of drug-likeness (QED) is 0.299. The van der Waals surface area contributed by atoms with Crippen molar-refractivity contribution in [1.82, 2.24) is 29.9 Å². The lowest BCUT2D eigenvalue weighted by molar-refractivity contribution is 0.146. The van der Waals surface area contributed by atoms with Gasteiger partial charge >= 0.3 is 0 Å². The van der Waals surface area contributed by atoms with Crippen LogP contribution in [0.15, 0.2) is 36.4 Å². The van der Waals surface area contributed by atoms with Crippen LogP contribution in [0.1, 0.15) is 50.0 Å². The number of rotatable bonds is 9. The summed E-state index contributed by atoms with van der Waals surface area (Å²) in [6.07, 6.45) is -2.25. The summed E-state index contributed by atoms with van der Waals surface area (Å²) in [5.41, 5.74) is 7.86. The van der Waals surface area contributed by atoms with Crippen LogP contribution in [0.3, 0.4) is 0 Å². The summed E-state index contributed by atoms with van der Waals surface area (Å²) in [4.78, 5) is 14.0. The fourth-order valence-electron chi connectivity index (χ4n) is 3.99. The Bertz CT molecular complexity index is 1530. The Morgan fingerprint density at radius 1 is 1.05 bits per heavy atom. The van der Waals surface area contributed by atoms with Crippen LogP contribution in [0.5, 0.6) is 5.88 Å². The molecular formula is C27H27F3N8O. The van der Waals surface area contributed by atoms with Crippen LogP contribution in [-0.2, 0) is 19.6 Å². The summed E-state index contributed by atoms with van der Waals surface area (Å²) in [7, 11) is 0. The van der Waals surface area contributed by atoms with E-state index in [4.69, 9.17) is 10.5 Å². The third kappa shape index (κ3) is 6.31. The molecular weight excluding hydrogens is 509 g/mol. The lowest BCUT2D eigenvalue weighted by Gasteiger charge is -2.16. The van der Waals surface area contributed by atoms with Crippen LogP contribution >= 0.6 is 0 Å². The van der Waals surface area contributed by atoms with Crippen LogP contribution in [0.2, 0.25) is 0 Å².